The van der Waals surface area contributed by atoms with Gasteiger partial charge in [-0.05, 0) is 32.9 Å². The van der Waals surface area contributed by atoms with Gasteiger partial charge in [-0.2, -0.15) is 8.42 Å². The Labute approximate surface area is 147 Å². The minimum absolute atomic E-state index is 0.0495. The number of carbonyl (C=O) groups is 1. The molecule has 0 heterocycles. The SMILES string of the molecule is Cc1ccc(S(=O)(=O)ON=C(C(=O)OC(C)C)c2ccccc2)cc1. The zero-order chi connectivity index (χ0) is 18.4. The summed E-state index contributed by atoms with van der Waals surface area (Å²) in [6, 6.07) is 14.5. The van der Waals surface area contributed by atoms with Gasteiger partial charge in [0.15, 0.2) is 5.71 Å². The number of nitrogens with zero attached hydrogens (tertiary/aromatic N) is 1. The largest absolute Gasteiger partial charge is 0.458 e. The van der Waals surface area contributed by atoms with Gasteiger partial charge in [-0.3, -0.25) is 4.28 Å². The first-order chi connectivity index (χ1) is 11.8. The molecule has 0 saturated heterocycles. The molecule has 2 rings (SSSR count). The second-order valence-electron chi connectivity index (χ2n) is 5.60. The van der Waals surface area contributed by atoms with E-state index in [9.17, 15) is 13.2 Å². The lowest BCUT2D eigenvalue weighted by atomic mass is 10.1. The molecule has 0 aliphatic heterocycles. The third kappa shape index (κ3) is 5.15. The lowest BCUT2D eigenvalue weighted by Gasteiger charge is -2.10. The van der Waals surface area contributed by atoms with Gasteiger partial charge in [-0.15, -0.1) is 0 Å². The molecule has 0 bridgehead atoms. The fourth-order valence-corrected chi connectivity index (χ4v) is 2.64. The molecule has 0 aromatic heterocycles. The third-order valence-electron chi connectivity index (χ3n) is 3.12. The molecule has 6 nitrogen and oxygen atoms in total. The van der Waals surface area contributed by atoms with Gasteiger partial charge in [0.1, 0.15) is 4.90 Å². The van der Waals surface area contributed by atoms with Crippen molar-refractivity contribution in [2.45, 2.75) is 31.8 Å². The van der Waals surface area contributed by atoms with Gasteiger partial charge in [-0.25, -0.2) is 4.79 Å². The fourth-order valence-electron chi connectivity index (χ4n) is 1.91. The minimum atomic E-state index is -4.14. The van der Waals surface area contributed by atoms with Crippen LogP contribution < -0.4 is 0 Å². The summed E-state index contributed by atoms with van der Waals surface area (Å²) < 4.78 is 34.3. The highest BCUT2D eigenvalue weighted by Crippen LogP contribution is 2.15. The molecular formula is C18H19NO5S. The first-order valence-corrected chi connectivity index (χ1v) is 9.05. The highest BCUT2D eigenvalue weighted by atomic mass is 32.2. The highest BCUT2D eigenvalue weighted by molar-refractivity contribution is 7.86. The summed E-state index contributed by atoms with van der Waals surface area (Å²) in [5.41, 5.74) is 1.09. The maximum atomic E-state index is 12.2. The van der Waals surface area contributed by atoms with E-state index in [0.717, 1.165) is 5.56 Å². The molecule has 25 heavy (non-hydrogen) atoms. The maximum Gasteiger partial charge on any atom is 0.361 e. The van der Waals surface area contributed by atoms with E-state index < -0.39 is 16.1 Å². The molecule has 2 aromatic carbocycles. The zero-order valence-electron chi connectivity index (χ0n) is 14.2. The standard InChI is InChI=1S/C18H19NO5S/c1-13(2)23-18(20)17(15-7-5-4-6-8-15)19-24-25(21,22)16-11-9-14(3)10-12-16/h4-13H,1-3H3. The summed E-state index contributed by atoms with van der Waals surface area (Å²) in [6.07, 6.45) is -0.380. The van der Waals surface area contributed by atoms with Crippen molar-refractivity contribution in [2.24, 2.45) is 5.16 Å². The molecule has 0 aliphatic rings. The van der Waals surface area contributed by atoms with Crippen molar-refractivity contribution >= 4 is 21.8 Å². The highest BCUT2D eigenvalue weighted by Gasteiger charge is 2.21. The zero-order valence-corrected chi connectivity index (χ0v) is 15.0. The Morgan fingerprint density at radius 1 is 1.00 bits per heavy atom. The lowest BCUT2D eigenvalue weighted by Crippen LogP contribution is -2.23. The molecule has 2 aromatic rings. The third-order valence-corrected chi connectivity index (χ3v) is 4.24. The summed E-state index contributed by atoms with van der Waals surface area (Å²) >= 11 is 0. The molecule has 0 spiro atoms. The number of esters is 1. The first-order valence-electron chi connectivity index (χ1n) is 7.64. The van der Waals surface area contributed by atoms with Crippen molar-refractivity contribution in [1.82, 2.24) is 0 Å². The van der Waals surface area contributed by atoms with E-state index in [-0.39, 0.29) is 16.7 Å². The molecule has 0 unspecified atom stereocenters. The monoisotopic (exact) mass is 361 g/mol. The molecule has 7 heteroatoms. The van der Waals surface area contributed by atoms with Crippen molar-refractivity contribution in [1.29, 1.82) is 0 Å². The van der Waals surface area contributed by atoms with Crippen LogP contribution in [0.2, 0.25) is 0 Å². The summed E-state index contributed by atoms with van der Waals surface area (Å²) in [7, 11) is -4.14. The van der Waals surface area contributed by atoms with Crippen LogP contribution in [0, 0.1) is 6.92 Å². The van der Waals surface area contributed by atoms with Gasteiger partial charge in [0, 0.05) is 5.56 Å². The number of hydrogen-bond donors (Lipinski definition) is 0. The van der Waals surface area contributed by atoms with E-state index in [1.165, 1.54) is 12.1 Å². The summed E-state index contributed by atoms with van der Waals surface area (Å²) in [5, 5.41) is 3.57. The van der Waals surface area contributed by atoms with Crippen LogP contribution in [0.15, 0.2) is 64.6 Å². The van der Waals surface area contributed by atoms with Crippen LogP contribution in [0.5, 0.6) is 0 Å². The topological polar surface area (TPSA) is 82.0 Å². The van der Waals surface area contributed by atoms with Crippen LogP contribution in [0.25, 0.3) is 0 Å². The van der Waals surface area contributed by atoms with Crippen molar-refractivity contribution in [3.63, 3.8) is 0 Å². The van der Waals surface area contributed by atoms with Crippen molar-refractivity contribution in [2.75, 3.05) is 0 Å². The first kappa shape index (κ1) is 18.7. The van der Waals surface area contributed by atoms with Crippen LogP contribution in [0.4, 0.5) is 0 Å². The molecule has 0 N–H and O–H groups in total. The Kier molecular flexibility index (Phi) is 5.93. The minimum Gasteiger partial charge on any atom is -0.458 e. The molecule has 0 fully saturated rings. The number of benzene rings is 2. The Bertz CT molecular complexity index is 856. The Morgan fingerprint density at radius 2 is 1.60 bits per heavy atom. The van der Waals surface area contributed by atoms with E-state index in [2.05, 4.69) is 5.16 Å². The van der Waals surface area contributed by atoms with Crippen LogP contribution in [0.3, 0.4) is 0 Å². The van der Waals surface area contributed by atoms with E-state index in [1.54, 1.807) is 56.3 Å². The number of aryl methyl sites for hydroxylation is 1. The van der Waals surface area contributed by atoms with Crippen LogP contribution in [0.1, 0.15) is 25.0 Å². The van der Waals surface area contributed by atoms with Gasteiger partial charge < -0.3 is 4.74 Å². The van der Waals surface area contributed by atoms with Crippen LogP contribution in [-0.2, 0) is 23.9 Å². The number of rotatable bonds is 6. The van der Waals surface area contributed by atoms with Crippen molar-refractivity contribution in [3.8, 4) is 0 Å². The van der Waals surface area contributed by atoms with E-state index in [0.29, 0.717) is 5.56 Å². The van der Waals surface area contributed by atoms with Gasteiger partial charge in [0.2, 0.25) is 0 Å². The average molecular weight is 361 g/mol. The number of hydrogen-bond acceptors (Lipinski definition) is 6. The predicted octanol–water partition coefficient (Wildman–Crippen LogP) is 3.06. The summed E-state index contributed by atoms with van der Waals surface area (Å²) in [4.78, 5) is 12.2. The lowest BCUT2D eigenvalue weighted by molar-refractivity contribution is -0.139. The van der Waals surface area contributed by atoms with Gasteiger partial charge in [0.25, 0.3) is 0 Å². The van der Waals surface area contributed by atoms with Crippen LogP contribution in [-0.4, -0.2) is 26.2 Å². The number of ether oxygens (including phenoxy) is 1. The maximum absolute atomic E-state index is 12.2. The van der Waals surface area contributed by atoms with Gasteiger partial charge in [-0.1, -0.05) is 53.2 Å². The molecule has 132 valence electrons. The van der Waals surface area contributed by atoms with Crippen molar-refractivity contribution in [3.05, 3.63) is 65.7 Å². The Hall–Kier alpha value is -2.67. The molecular weight excluding hydrogens is 342 g/mol. The summed E-state index contributed by atoms with van der Waals surface area (Å²) in [5.74, 6) is -0.764. The van der Waals surface area contributed by atoms with E-state index >= 15 is 0 Å². The quantitative estimate of drug-likeness (QED) is 0.449. The number of oxime groups is 1. The molecule has 0 saturated carbocycles. The predicted molar refractivity (Wildman–Crippen MR) is 93.7 cm³/mol. The second-order valence-corrected chi connectivity index (χ2v) is 7.13. The molecule has 0 amide bonds. The van der Waals surface area contributed by atoms with Crippen molar-refractivity contribution < 1.29 is 22.2 Å². The van der Waals surface area contributed by atoms with Gasteiger partial charge in [0.05, 0.1) is 6.10 Å². The Balaban J connectivity index is 2.34. The van der Waals surface area contributed by atoms with E-state index in [1.807, 2.05) is 6.92 Å². The Morgan fingerprint density at radius 3 is 2.16 bits per heavy atom. The molecule has 0 aliphatic carbocycles. The second kappa shape index (κ2) is 7.94. The number of carbonyl (C=O) groups excluding carboxylic acids is 1. The average Bonchev–Trinajstić information content (AvgIpc) is 2.55. The fraction of sp³-hybridized carbons (Fsp3) is 0.222. The van der Waals surface area contributed by atoms with E-state index in [4.69, 9.17) is 9.02 Å². The molecule has 0 atom stereocenters. The normalized spacial score (nSPS) is 12.1. The van der Waals surface area contributed by atoms with Gasteiger partial charge >= 0.3 is 16.1 Å². The smallest absolute Gasteiger partial charge is 0.361 e. The van der Waals surface area contributed by atoms with Crippen LogP contribution >= 0.6 is 0 Å². The summed E-state index contributed by atoms with van der Waals surface area (Å²) in [6.45, 7) is 5.21. The molecule has 0 radical (unpaired) electrons.